The molecule has 3 rings (SSSR count). The van der Waals surface area contributed by atoms with Crippen LogP contribution in [0.3, 0.4) is 0 Å². The van der Waals surface area contributed by atoms with E-state index in [2.05, 4.69) is 15.3 Å². The number of carbonyl (C=O) groups is 1. The average Bonchev–Trinajstić information content (AvgIpc) is 2.47. The molecule has 1 aromatic heterocycles. The minimum absolute atomic E-state index is 0.0868. The number of hydrogen-bond acceptors (Lipinski definition) is 3. The third-order valence-electron chi connectivity index (χ3n) is 4.80. The molecule has 0 saturated heterocycles. The molecule has 0 aliphatic heterocycles. The van der Waals surface area contributed by atoms with E-state index in [1.165, 1.54) is 38.4 Å². The van der Waals surface area contributed by atoms with Gasteiger partial charge in [-0.25, -0.2) is 9.97 Å². The highest BCUT2D eigenvalue weighted by atomic mass is 35.5. The minimum atomic E-state index is 0.0868. The molecule has 1 amide bonds. The molecule has 1 aromatic rings. The molecule has 3 unspecified atom stereocenters. The zero-order chi connectivity index (χ0) is 13.9. The first kappa shape index (κ1) is 13.8. The highest BCUT2D eigenvalue weighted by molar-refractivity contribution is 6.29. The number of aromatic nitrogens is 2. The summed E-state index contributed by atoms with van der Waals surface area (Å²) < 4.78 is 0. The molecule has 0 aromatic carbocycles. The zero-order valence-electron chi connectivity index (χ0n) is 11.5. The quantitative estimate of drug-likeness (QED) is 0.846. The van der Waals surface area contributed by atoms with Crippen molar-refractivity contribution in [1.82, 2.24) is 9.97 Å². The van der Waals surface area contributed by atoms with Crippen molar-refractivity contribution < 1.29 is 4.79 Å². The Morgan fingerprint density at radius 2 is 1.95 bits per heavy atom. The van der Waals surface area contributed by atoms with Gasteiger partial charge in [0.15, 0.2) is 0 Å². The number of rotatable bonds is 2. The van der Waals surface area contributed by atoms with Crippen LogP contribution in [0.25, 0.3) is 0 Å². The molecular weight excluding hydrogens is 274 g/mol. The van der Waals surface area contributed by atoms with Gasteiger partial charge in [-0.1, -0.05) is 37.3 Å². The van der Waals surface area contributed by atoms with Gasteiger partial charge >= 0.3 is 0 Å². The van der Waals surface area contributed by atoms with Crippen molar-refractivity contribution in [2.75, 3.05) is 5.32 Å². The number of halogens is 1. The van der Waals surface area contributed by atoms with Crippen LogP contribution >= 0.6 is 11.6 Å². The van der Waals surface area contributed by atoms with Gasteiger partial charge in [-0.15, -0.1) is 0 Å². The predicted octanol–water partition coefficient (Wildman–Crippen LogP) is 3.68. The lowest BCUT2D eigenvalue weighted by molar-refractivity contribution is -0.122. The maximum Gasteiger partial charge on any atom is 0.228 e. The third kappa shape index (κ3) is 3.11. The first-order valence-electron chi connectivity index (χ1n) is 7.51. The van der Waals surface area contributed by atoms with E-state index in [-0.39, 0.29) is 11.8 Å². The number of anilines is 1. The number of nitrogens with one attached hydrogen (secondary N) is 1. The molecule has 20 heavy (non-hydrogen) atoms. The molecule has 0 spiro atoms. The zero-order valence-corrected chi connectivity index (χ0v) is 12.3. The Bertz CT molecular complexity index is 494. The molecule has 0 radical (unpaired) electrons. The van der Waals surface area contributed by atoms with Crippen molar-refractivity contribution in [2.24, 2.45) is 17.8 Å². The van der Waals surface area contributed by atoms with Crippen LogP contribution in [0, 0.1) is 17.8 Å². The van der Waals surface area contributed by atoms with Gasteiger partial charge in [0.2, 0.25) is 5.91 Å². The van der Waals surface area contributed by atoms with Crippen molar-refractivity contribution in [1.29, 1.82) is 0 Å². The van der Waals surface area contributed by atoms with Crippen LogP contribution in [-0.4, -0.2) is 15.9 Å². The second kappa shape index (κ2) is 6.08. The summed E-state index contributed by atoms with van der Waals surface area (Å²) in [4.78, 5) is 20.2. The normalized spacial score (nSPS) is 29.6. The van der Waals surface area contributed by atoms with Gasteiger partial charge in [-0.2, -0.15) is 0 Å². The minimum Gasteiger partial charge on any atom is -0.310 e. The van der Waals surface area contributed by atoms with E-state index in [0.29, 0.717) is 11.0 Å². The summed E-state index contributed by atoms with van der Waals surface area (Å²) in [7, 11) is 0. The fraction of sp³-hybridized carbons (Fsp3) is 0.667. The van der Waals surface area contributed by atoms with Crippen LogP contribution in [0.5, 0.6) is 0 Å². The van der Waals surface area contributed by atoms with Crippen LogP contribution in [0.15, 0.2) is 12.4 Å². The summed E-state index contributed by atoms with van der Waals surface area (Å²) in [5, 5.41) is 3.23. The summed E-state index contributed by atoms with van der Waals surface area (Å²) in [6, 6.07) is 1.59. The van der Waals surface area contributed by atoms with E-state index in [4.69, 9.17) is 11.6 Å². The highest BCUT2D eigenvalue weighted by Crippen LogP contribution is 2.42. The Kier molecular flexibility index (Phi) is 4.20. The van der Waals surface area contributed by atoms with Crippen LogP contribution in [0.1, 0.15) is 44.9 Å². The van der Waals surface area contributed by atoms with E-state index in [0.717, 1.165) is 24.7 Å². The third-order valence-corrected chi connectivity index (χ3v) is 5.00. The molecule has 1 N–H and O–H groups in total. The summed E-state index contributed by atoms with van der Waals surface area (Å²) >= 11 is 5.80. The lowest BCUT2D eigenvalue weighted by Crippen LogP contribution is -2.34. The van der Waals surface area contributed by atoms with E-state index in [1.807, 2.05) is 0 Å². The second-order valence-electron chi connectivity index (χ2n) is 6.03. The largest absolute Gasteiger partial charge is 0.310 e. The van der Waals surface area contributed by atoms with Gasteiger partial charge in [0.25, 0.3) is 0 Å². The van der Waals surface area contributed by atoms with Gasteiger partial charge < -0.3 is 5.32 Å². The maximum atomic E-state index is 12.3. The average molecular weight is 294 g/mol. The van der Waals surface area contributed by atoms with Gasteiger partial charge in [-0.05, 0) is 31.1 Å². The van der Waals surface area contributed by atoms with E-state index >= 15 is 0 Å². The molecule has 5 heteroatoms. The molecule has 0 bridgehead atoms. The molecular formula is C15H20ClN3O. The van der Waals surface area contributed by atoms with Gasteiger partial charge in [0.1, 0.15) is 17.3 Å². The Balaban J connectivity index is 1.60. The molecule has 1 heterocycles. The molecule has 4 nitrogen and oxygen atoms in total. The topological polar surface area (TPSA) is 54.9 Å². The first-order chi connectivity index (χ1) is 9.72. The number of hydrogen-bond donors (Lipinski definition) is 1. The van der Waals surface area contributed by atoms with Gasteiger partial charge in [-0.3, -0.25) is 4.79 Å². The SMILES string of the molecule is O=C(Nc1cc(Cl)ncn1)C1CCC2CCCCC2C1. The highest BCUT2D eigenvalue weighted by Gasteiger charge is 2.35. The Morgan fingerprint density at radius 3 is 2.75 bits per heavy atom. The standard InChI is InChI=1S/C15H20ClN3O/c16-13-8-14(18-9-17-13)19-15(20)12-6-5-10-3-1-2-4-11(10)7-12/h8-12H,1-7H2,(H,17,18,19,20). The molecule has 2 saturated carbocycles. The van der Waals surface area contributed by atoms with E-state index in [1.54, 1.807) is 6.07 Å². The van der Waals surface area contributed by atoms with Crippen molar-refractivity contribution in [2.45, 2.75) is 44.9 Å². The van der Waals surface area contributed by atoms with Crippen LogP contribution in [-0.2, 0) is 4.79 Å². The smallest absolute Gasteiger partial charge is 0.228 e. The van der Waals surface area contributed by atoms with Gasteiger partial charge in [0, 0.05) is 12.0 Å². The molecule has 108 valence electrons. The second-order valence-corrected chi connectivity index (χ2v) is 6.42. The van der Waals surface area contributed by atoms with Crippen molar-refractivity contribution >= 4 is 23.3 Å². The monoisotopic (exact) mass is 293 g/mol. The van der Waals surface area contributed by atoms with Crippen molar-refractivity contribution in [3.8, 4) is 0 Å². The van der Waals surface area contributed by atoms with Crippen LogP contribution in [0.4, 0.5) is 5.82 Å². The maximum absolute atomic E-state index is 12.3. The van der Waals surface area contributed by atoms with E-state index < -0.39 is 0 Å². The fourth-order valence-electron chi connectivity index (χ4n) is 3.74. The fourth-order valence-corrected chi connectivity index (χ4v) is 3.89. The first-order valence-corrected chi connectivity index (χ1v) is 7.88. The lowest BCUT2D eigenvalue weighted by Gasteiger charge is -2.38. The Morgan fingerprint density at radius 1 is 1.15 bits per heavy atom. The van der Waals surface area contributed by atoms with E-state index in [9.17, 15) is 4.79 Å². The van der Waals surface area contributed by atoms with Crippen molar-refractivity contribution in [3.63, 3.8) is 0 Å². The summed E-state index contributed by atoms with van der Waals surface area (Å²) in [5.74, 6) is 2.33. The molecule has 2 aliphatic carbocycles. The lowest BCUT2D eigenvalue weighted by atomic mass is 9.67. The summed E-state index contributed by atoms with van der Waals surface area (Å²) in [5.41, 5.74) is 0. The van der Waals surface area contributed by atoms with Crippen LogP contribution < -0.4 is 5.32 Å². The number of nitrogens with zero attached hydrogens (tertiary/aromatic N) is 2. The van der Waals surface area contributed by atoms with Crippen LogP contribution in [0.2, 0.25) is 5.15 Å². The molecule has 2 aliphatic rings. The number of carbonyl (C=O) groups excluding carboxylic acids is 1. The molecule has 2 fully saturated rings. The Labute approximate surface area is 124 Å². The summed E-state index contributed by atoms with van der Waals surface area (Å²) in [6.45, 7) is 0. The van der Waals surface area contributed by atoms with Crippen molar-refractivity contribution in [3.05, 3.63) is 17.5 Å². The molecule has 3 atom stereocenters. The summed E-state index contributed by atoms with van der Waals surface area (Å²) in [6.07, 6.45) is 9.98. The number of fused-ring (bicyclic) bond motifs is 1. The van der Waals surface area contributed by atoms with Gasteiger partial charge in [0.05, 0.1) is 0 Å². The number of amides is 1. The Hall–Kier alpha value is -1.16. The predicted molar refractivity (Wildman–Crippen MR) is 78.5 cm³/mol.